The van der Waals surface area contributed by atoms with Gasteiger partial charge in [0, 0.05) is 12.1 Å². The van der Waals surface area contributed by atoms with Gasteiger partial charge in [-0.3, -0.25) is 5.43 Å². The smallest absolute Gasteiger partial charge is 0.371 e. The molecule has 0 spiro atoms. The van der Waals surface area contributed by atoms with E-state index in [9.17, 15) is 4.79 Å². The van der Waals surface area contributed by atoms with Crippen molar-refractivity contribution in [3.05, 3.63) is 60.4 Å². The van der Waals surface area contributed by atoms with Crippen molar-refractivity contribution in [1.29, 1.82) is 0 Å². The van der Waals surface area contributed by atoms with Crippen LogP contribution in [0.1, 0.15) is 23.0 Å². The number of nitrogens with one attached hydrogen (secondary N) is 2. The molecule has 2 aromatic rings. The van der Waals surface area contributed by atoms with Gasteiger partial charge < -0.3 is 14.8 Å². The lowest BCUT2D eigenvalue weighted by Gasteiger charge is -2.06. The van der Waals surface area contributed by atoms with E-state index in [4.69, 9.17) is 21.7 Å². The first-order chi connectivity index (χ1) is 11.5. The zero-order valence-corrected chi connectivity index (χ0v) is 13.9. The first-order valence-electron chi connectivity index (χ1n) is 7.14. The molecule has 124 valence electrons. The summed E-state index contributed by atoms with van der Waals surface area (Å²) in [6, 6.07) is 10.5. The Bertz CT molecular complexity index is 779. The third-order valence-electron chi connectivity index (χ3n) is 3.14. The largest absolute Gasteiger partial charge is 0.475 e. The Balaban J connectivity index is 2.06. The first kappa shape index (κ1) is 17.4. The fraction of sp³-hybridized carbons (Fsp3) is 0.118. The molecule has 7 heteroatoms. The minimum atomic E-state index is -1.09. The Hall–Kier alpha value is -2.93. The van der Waals surface area contributed by atoms with Crippen LogP contribution >= 0.6 is 12.2 Å². The molecule has 24 heavy (non-hydrogen) atoms. The number of benzene rings is 1. The van der Waals surface area contributed by atoms with Gasteiger partial charge in [-0.25, -0.2) is 4.79 Å². The molecule has 0 fully saturated rings. The van der Waals surface area contributed by atoms with Crippen LogP contribution in [-0.2, 0) is 0 Å². The number of hydrazone groups is 1. The van der Waals surface area contributed by atoms with E-state index in [0.29, 0.717) is 17.4 Å². The summed E-state index contributed by atoms with van der Waals surface area (Å²) >= 11 is 5.06. The molecule has 0 aliphatic rings. The second-order valence-corrected chi connectivity index (χ2v) is 5.26. The second-order valence-electron chi connectivity index (χ2n) is 4.85. The lowest BCUT2D eigenvalue weighted by Crippen LogP contribution is -2.32. The number of aromatic carboxylic acids is 1. The number of nitrogens with zero attached hydrogens (tertiary/aromatic N) is 1. The van der Waals surface area contributed by atoms with E-state index in [-0.39, 0.29) is 5.76 Å². The van der Waals surface area contributed by atoms with Gasteiger partial charge in [0.2, 0.25) is 5.76 Å². The molecule has 6 nitrogen and oxygen atoms in total. The molecule has 0 saturated heterocycles. The van der Waals surface area contributed by atoms with Crippen molar-refractivity contribution >= 4 is 29.0 Å². The molecule has 0 atom stereocenters. The summed E-state index contributed by atoms with van der Waals surface area (Å²) in [5.41, 5.74) is 5.21. The van der Waals surface area contributed by atoms with Gasteiger partial charge in [-0.2, -0.15) is 5.10 Å². The highest BCUT2D eigenvalue weighted by atomic mass is 32.1. The van der Waals surface area contributed by atoms with E-state index in [2.05, 4.69) is 22.4 Å². The van der Waals surface area contributed by atoms with Crippen LogP contribution in [0.2, 0.25) is 0 Å². The maximum atomic E-state index is 10.8. The highest BCUT2D eigenvalue weighted by Crippen LogP contribution is 2.22. The van der Waals surface area contributed by atoms with Crippen molar-refractivity contribution in [2.24, 2.45) is 5.10 Å². The summed E-state index contributed by atoms with van der Waals surface area (Å²) in [5.74, 6) is -0.675. The fourth-order valence-corrected chi connectivity index (χ4v) is 2.02. The predicted octanol–water partition coefficient (Wildman–Crippen LogP) is 3.02. The van der Waals surface area contributed by atoms with Crippen molar-refractivity contribution in [3.63, 3.8) is 0 Å². The number of carboxylic acid groups (broad SMARTS) is 1. The minimum absolute atomic E-state index is 0.0865. The van der Waals surface area contributed by atoms with Crippen LogP contribution in [0, 0.1) is 0 Å². The third kappa shape index (κ3) is 4.53. The maximum absolute atomic E-state index is 10.8. The lowest BCUT2D eigenvalue weighted by molar-refractivity contribution is 0.0663. The average molecular weight is 343 g/mol. The van der Waals surface area contributed by atoms with Gasteiger partial charge in [0.1, 0.15) is 5.76 Å². The molecule has 0 aliphatic carbocycles. The monoisotopic (exact) mass is 343 g/mol. The molecule has 0 amide bonds. The molecule has 3 N–H and O–H groups in total. The summed E-state index contributed by atoms with van der Waals surface area (Å²) in [6.07, 6.45) is 1.70. The zero-order valence-electron chi connectivity index (χ0n) is 13.1. The molecule has 1 aromatic carbocycles. The number of carbonyl (C=O) groups is 1. The summed E-state index contributed by atoms with van der Waals surface area (Å²) < 4.78 is 5.27. The van der Waals surface area contributed by atoms with Crippen LogP contribution in [0.3, 0.4) is 0 Å². The number of furan rings is 1. The molecule has 0 unspecified atom stereocenters. The molecular weight excluding hydrogens is 326 g/mol. The average Bonchev–Trinajstić information content (AvgIpc) is 3.08. The number of hydrogen-bond donors (Lipinski definition) is 3. The van der Waals surface area contributed by atoms with Gasteiger partial charge in [0.25, 0.3) is 0 Å². The van der Waals surface area contributed by atoms with E-state index in [1.165, 1.54) is 6.07 Å². The second kappa shape index (κ2) is 8.07. The van der Waals surface area contributed by atoms with Crippen molar-refractivity contribution < 1.29 is 14.3 Å². The van der Waals surface area contributed by atoms with Crippen molar-refractivity contribution in [3.8, 4) is 11.3 Å². The highest BCUT2D eigenvalue weighted by molar-refractivity contribution is 7.80. The number of rotatable bonds is 6. The molecule has 0 radical (unpaired) electrons. The van der Waals surface area contributed by atoms with Crippen molar-refractivity contribution in [1.82, 2.24) is 10.7 Å². The van der Waals surface area contributed by atoms with Crippen LogP contribution < -0.4 is 10.7 Å². The molecule has 0 saturated carbocycles. The Labute approximate surface area is 144 Å². The Morgan fingerprint density at radius 3 is 2.62 bits per heavy atom. The molecule has 1 aromatic heterocycles. The number of carboxylic acids is 1. The Kier molecular flexibility index (Phi) is 5.86. The van der Waals surface area contributed by atoms with E-state index >= 15 is 0 Å². The van der Waals surface area contributed by atoms with Crippen molar-refractivity contribution in [2.75, 3.05) is 6.54 Å². The van der Waals surface area contributed by atoms with E-state index in [1.54, 1.807) is 12.1 Å². The number of hydrogen-bond acceptors (Lipinski definition) is 4. The molecular formula is C17H17N3O3S. The van der Waals surface area contributed by atoms with E-state index < -0.39 is 5.97 Å². The van der Waals surface area contributed by atoms with Crippen LogP contribution in [0.5, 0.6) is 0 Å². The fourth-order valence-electron chi connectivity index (χ4n) is 1.89. The van der Waals surface area contributed by atoms with Crippen LogP contribution in [-0.4, -0.2) is 28.4 Å². The topological polar surface area (TPSA) is 86.9 Å². The Morgan fingerprint density at radius 2 is 2.04 bits per heavy atom. The van der Waals surface area contributed by atoms with Gasteiger partial charge >= 0.3 is 5.97 Å². The van der Waals surface area contributed by atoms with Crippen LogP contribution in [0.25, 0.3) is 11.3 Å². The van der Waals surface area contributed by atoms with Crippen LogP contribution in [0.4, 0.5) is 0 Å². The summed E-state index contributed by atoms with van der Waals surface area (Å²) in [4.78, 5) is 10.8. The minimum Gasteiger partial charge on any atom is -0.475 e. The molecule has 0 aliphatic heterocycles. The Morgan fingerprint density at radius 1 is 1.33 bits per heavy atom. The SMILES string of the molecule is C=CCNC(=S)N/N=C(/C)c1ccc(-c2ccc(C(=O)O)o2)cc1. The molecule has 2 rings (SSSR count). The third-order valence-corrected chi connectivity index (χ3v) is 3.37. The summed E-state index contributed by atoms with van der Waals surface area (Å²) in [7, 11) is 0. The quantitative estimate of drug-likeness (QED) is 0.323. The maximum Gasteiger partial charge on any atom is 0.371 e. The van der Waals surface area contributed by atoms with Gasteiger partial charge in [-0.05, 0) is 36.8 Å². The van der Waals surface area contributed by atoms with Crippen molar-refractivity contribution in [2.45, 2.75) is 6.92 Å². The molecule has 1 heterocycles. The zero-order chi connectivity index (χ0) is 17.5. The highest BCUT2D eigenvalue weighted by Gasteiger charge is 2.10. The van der Waals surface area contributed by atoms with Gasteiger partial charge in [-0.1, -0.05) is 30.3 Å². The van der Waals surface area contributed by atoms with Gasteiger partial charge in [0.15, 0.2) is 5.11 Å². The standard InChI is InChI=1S/C17H17N3O3S/c1-3-10-18-17(24)20-19-11(2)12-4-6-13(7-5-12)14-8-9-15(23-14)16(21)22/h3-9H,1,10H2,2H3,(H,21,22)(H2,18,20,24)/b19-11-. The van der Waals surface area contributed by atoms with Crippen LogP contribution in [0.15, 0.2) is 58.6 Å². The summed E-state index contributed by atoms with van der Waals surface area (Å²) in [6.45, 7) is 6.01. The number of thiocarbonyl (C=S) groups is 1. The summed E-state index contributed by atoms with van der Waals surface area (Å²) in [5, 5.41) is 16.4. The van der Waals surface area contributed by atoms with Gasteiger partial charge in [-0.15, -0.1) is 6.58 Å². The van der Waals surface area contributed by atoms with E-state index in [0.717, 1.165) is 16.8 Å². The predicted molar refractivity (Wildman–Crippen MR) is 97.2 cm³/mol. The molecule has 0 bridgehead atoms. The normalized spacial score (nSPS) is 11.0. The first-order valence-corrected chi connectivity index (χ1v) is 7.55. The van der Waals surface area contributed by atoms with E-state index in [1.807, 2.05) is 31.2 Å². The lowest BCUT2D eigenvalue weighted by atomic mass is 10.1. The van der Waals surface area contributed by atoms with Gasteiger partial charge in [0.05, 0.1) is 5.71 Å².